The summed E-state index contributed by atoms with van der Waals surface area (Å²) in [6, 6.07) is 10.5. The van der Waals surface area contributed by atoms with Gasteiger partial charge in [0.2, 0.25) is 5.60 Å². The number of carbonyl (C=O) groups excluding carboxylic acids is 2. The zero-order valence-electron chi connectivity index (χ0n) is 24.4. The summed E-state index contributed by atoms with van der Waals surface area (Å²) in [5.74, 6) is 0.214. The third kappa shape index (κ3) is 7.14. The molecule has 9 heteroatoms. The van der Waals surface area contributed by atoms with Crippen molar-refractivity contribution in [1.29, 1.82) is 0 Å². The molecule has 0 spiro atoms. The second-order valence-electron chi connectivity index (χ2n) is 11.2. The molecule has 1 fully saturated rings. The number of ether oxygens (including phenoxy) is 3. The van der Waals surface area contributed by atoms with Gasteiger partial charge >= 0.3 is 17.6 Å². The van der Waals surface area contributed by atoms with Crippen LogP contribution in [0.5, 0.6) is 5.75 Å². The molecule has 0 saturated heterocycles. The maximum absolute atomic E-state index is 12.3. The van der Waals surface area contributed by atoms with Gasteiger partial charge < -0.3 is 14.2 Å². The number of hydrogen-bond donors (Lipinski definition) is 0. The molecule has 218 valence electrons. The summed E-state index contributed by atoms with van der Waals surface area (Å²) in [6.45, 7) is 12.9. The molecule has 3 rings (SSSR count). The lowest BCUT2D eigenvalue weighted by molar-refractivity contribution is -0.386. The molecule has 0 radical (unpaired) electrons. The van der Waals surface area contributed by atoms with E-state index in [2.05, 4.69) is 20.8 Å². The van der Waals surface area contributed by atoms with Gasteiger partial charge in [0.15, 0.2) is 5.75 Å². The van der Waals surface area contributed by atoms with Gasteiger partial charge in [0, 0.05) is 23.9 Å². The van der Waals surface area contributed by atoms with E-state index >= 15 is 0 Å². The largest absolute Gasteiger partial charge is 0.469 e. The SMILES string of the molecule is CCOC(=O)C(C)(C)Oc1ccc(Cc2cc(C3C[C@H](CC)[C@@H](C)[C@H](C)[C@H]3OC(C)=O)ccc2Cl)cc1[N+](=O)[O-]. The predicted octanol–water partition coefficient (Wildman–Crippen LogP) is 7.28. The molecule has 0 aromatic heterocycles. The Morgan fingerprint density at radius 3 is 2.40 bits per heavy atom. The Hall–Kier alpha value is -3.13. The zero-order chi connectivity index (χ0) is 29.8. The Morgan fingerprint density at radius 2 is 1.80 bits per heavy atom. The van der Waals surface area contributed by atoms with Gasteiger partial charge in [-0.25, -0.2) is 4.79 Å². The molecular formula is C31H40ClNO7. The molecule has 0 amide bonds. The van der Waals surface area contributed by atoms with Crippen molar-refractivity contribution in [3.63, 3.8) is 0 Å². The summed E-state index contributed by atoms with van der Waals surface area (Å²) in [6.07, 6.45) is 2.04. The Labute approximate surface area is 241 Å². The maximum Gasteiger partial charge on any atom is 0.349 e. The van der Waals surface area contributed by atoms with E-state index in [1.165, 1.54) is 32.9 Å². The van der Waals surface area contributed by atoms with Crippen molar-refractivity contribution < 1.29 is 28.7 Å². The van der Waals surface area contributed by atoms with Crippen LogP contribution in [0, 0.1) is 27.9 Å². The average molecular weight is 574 g/mol. The van der Waals surface area contributed by atoms with E-state index < -0.39 is 16.5 Å². The van der Waals surface area contributed by atoms with Crippen molar-refractivity contribution in [2.45, 2.75) is 85.4 Å². The van der Waals surface area contributed by atoms with Crippen LogP contribution in [0.3, 0.4) is 0 Å². The Balaban J connectivity index is 1.93. The van der Waals surface area contributed by atoms with Gasteiger partial charge in [-0.2, -0.15) is 0 Å². The van der Waals surface area contributed by atoms with Crippen LogP contribution in [0.15, 0.2) is 36.4 Å². The predicted molar refractivity (Wildman–Crippen MR) is 154 cm³/mol. The minimum Gasteiger partial charge on any atom is -0.469 e. The van der Waals surface area contributed by atoms with Crippen LogP contribution in [-0.4, -0.2) is 35.2 Å². The van der Waals surface area contributed by atoms with E-state index in [0.29, 0.717) is 28.8 Å². The minimum absolute atomic E-state index is 0.0197. The number of nitro benzene ring substituents is 1. The molecule has 5 atom stereocenters. The molecule has 1 unspecified atom stereocenters. The van der Waals surface area contributed by atoms with Crippen LogP contribution in [0.1, 0.15) is 83.9 Å². The molecule has 0 N–H and O–H groups in total. The highest BCUT2D eigenvalue weighted by atomic mass is 35.5. The molecule has 1 aliphatic carbocycles. The van der Waals surface area contributed by atoms with Gasteiger partial charge in [-0.15, -0.1) is 0 Å². The Morgan fingerprint density at radius 1 is 1.10 bits per heavy atom. The first-order chi connectivity index (χ1) is 18.8. The van der Waals surface area contributed by atoms with Gasteiger partial charge in [-0.1, -0.05) is 57.0 Å². The second kappa shape index (κ2) is 13.0. The molecule has 0 bridgehead atoms. The number of hydrogen-bond acceptors (Lipinski definition) is 7. The van der Waals surface area contributed by atoms with Crippen LogP contribution in [0.25, 0.3) is 0 Å². The highest BCUT2D eigenvalue weighted by Crippen LogP contribution is 2.46. The summed E-state index contributed by atoms with van der Waals surface area (Å²) >= 11 is 6.60. The number of halogens is 1. The Bertz CT molecular complexity index is 1240. The van der Waals surface area contributed by atoms with Crippen molar-refractivity contribution in [1.82, 2.24) is 0 Å². The smallest absolute Gasteiger partial charge is 0.349 e. The van der Waals surface area contributed by atoms with Gasteiger partial charge in [0.25, 0.3) is 0 Å². The topological polar surface area (TPSA) is 105 Å². The number of carbonyl (C=O) groups is 2. The number of rotatable bonds is 10. The standard InChI is InChI=1S/C31H40ClNO7/c1-8-22-17-25(29(39-20(5)34)19(4)18(22)3)23-11-12-26(32)24(16-23)14-21-10-13-28(27(15-21)33(36)37)40-31(6,7)30(35)38-9-2/h10-13,15-16,18-19,22,25,29H,8-9,14,17H2,1-7H3/t18-,19-,22-,25?,29+/m0/s1. The summed E-state index contributed by atoms with van der Waals surface area (Å²) in [4.78, 5) is 35.6. The monoisotopic (exact) mass is 573 g/mol. The van der Waals surface area contributed by atoms with E-state index in [1.54, 1.807) is 13.0 Å². The lowest BCUT2D eigenvalue weighted by atomic mass is 9.64. The number of nitrogens with zero attached hydrogens (tertiary/aromatic N) is 1. The van der Waals surface area contributed by atoms with Gasteiger partial charge in [-0.3, -0.25) is 14.9 Å². The first-order valence-electron chi connectivity index (χ1n) is 13.9. The second-order valence-corrected chi connectivity index (χ2v) is 11.6. The quantitative estimate of drug-likeness (QED) is 0.167. The normalized spacial score (nSPS) is 22.9. The number of esters is 2. The van der Waals surface area contributed by atoms with Crippen molar-refractivity contribution in [3.05, 3.63) is 68.2 Å². The van der Waals surface area contributed by atoms with Crippen LogP contribution >= 0.6 is 11.6 Å². The van der Waals surface area contributed by atoms with Crippen molar-refractivity contribution >= 4 is 29.2 Å². The van der Waals surface area contributed by atoms with Crippen LogP contribution in [0.4, 0.5) is 5.69 Å². The first kappa shape index (κ1) is 31.4. The molecule has 40 heavy (non-hydrogen) atoms. The van der Waals surface area contributed by atoms with E-state index in [1.807, 2.05) is 18.2 Å². The number of benzene rings is 2. The molecule has 0 heterocycles. The van der Waals surface area contributed by atoms with Crippen LogP contribution in [-0.2, 0) is 25.5 Å². The lowest BCUT2D eigenvalue weighted by Crippen LogP contribution is -2.42. The fraction of sp³-hybridized carbons (Fsp3) is 0.548. The van der Waals surface area contributed by atoms with Gasteiger partial charge in [-0.05, 0) is 80.2 Å². The third-order valence-electron chi connectivity index (χ3n) is 8.12. The van der Waals surface area contributed by atoms with E-state index in [4.69, 9.17) is 25.8 Å². The zero-order valence-corrected chi connectivity index (χ0v) is 25.1. The lowest BCUT2D eigenvalue weighted by Gasteiger charge is -2.44. The third-order valence-corrected chi connectivity index (χ3v) is 8.48. The van der Waals surface area contributed by atoms with Gasteiger partial charge in [0.1, 0.15) is 6.10 Å². The maximum atomic E-state index is 12.3. The van der Waals surface area contributed by atoms with Gasteiger partial charge in [0.05, 0.1) is 11.5 Å². The van der Waals surface area contributed by atoms with Crippen LogP contribution < -0.4 is 4.74 Å². The molecule has 2 aromatic rings. The minimum atomic E-state index is -1.40. The molecular weight excluding hydrogens is 534 g/mol. The summed E-state index contributed by atoms with van der Waals surface area (Å²) in [7, 11) is 0. The fourth-order valence-electron chi connectivity index (χ4n) is 5.72. The van der Waals surface area contributed by atoms with Crippen molar-refractivity contribution in [2.75, 3.05) is 6.61 Å². The average Bonchev–Trinajstić information content (AvgIpc) is 2.89. The summed E-state index contributed by atoms with van der Waals surface area (Å²) in [5, 5.41) is 12.5. The van der Waals surface area contributed by atoms with E-state index in [-0.39, 0.29) is 42.0 Å². The Kier molecular flexibility index (Phi) is 10.2. The molecule has 1 saturated carbocycles. The van der Waals surface area contributed by atoms with Crippen molar-refractivity contribution in [3.8, 4) is 5.75 Å². The molecule has 0 aliphatic heterocycles. The molecule has 1 aliphatic rings. The van der Waals surface area contributed by atoms with Crippen molar-refractivity contribution in [2.24, 2.45) is 17.8 Å². The molecule has 2 aromatic carbocycles. The summed E-state index contributed by atoms with van der Waals surface area (Å²) < 4.78 is 16.6. The molecule has 8 nitrogen and oxygen atoms in total. The first-order valence-corrected chi connectivity index (χ1v) is 14.3. The fourth-order valence-corrected chi connectivity index (χ4v) is 5.90. The van der Waals surface area contributed by atoms with E-state index in [0.717, 1.165) is 24.0 Å². The summed E-state index contributed by atoms with van der Waals surface area (Å²) in [5.41, 5.74) is 0.866. The number of nitro groups is 1. The highest BCUT2D eigenvalue weighted by molar-refractivity contribution is 6.31. The van der Waals surface area contributed by atoms with E-state index in [9.17, 15) is 19.7 Å². The van der Waals surface area contributed by atoms with Crippen LogP contribution in [0.2, 0.25) is 5.02 Å². The highest BCUT2D eigenvalue weighted by Gasteiger charge is 2.42.